The van der Waals surface area contributed by atoms with Crippen molar-refractivity contribution in [2.45, 2.75) is 38.7 Å². The van der Waals surface area contributed by atoms with Gasteiger partial charge in [-0.3, -0.25) is 0 Å². The van der Waals surface area contributed by atoms with Crippen LogP contribution >= 0.6 is 0 Å². The van der Waals surface area contributed by atoms with E-state index in [-0.39, 0.29) is 6.04 Å². The Morgan fingerprint density at radius 2 is 1.68 bits per heavy atom. The summed E-state index contributed by atoms with van der Waals surface area (Å²) < 4.78 is 2.11. The number of nitrogens with zero attached hydrogens (tertiary/aromatic N) is 3. The molecule has 0 aliphatic heterocycles. The van der Waals surface area contributed by atoms with Crippen molar-refractivity contribution < 1.29 is 0 Å². The maximum absolute atomic E-state index is 4.47. The maximum atomic E-state index is 4.47. The fourth-order valence-electron chi connectivity index (χ4n) is 2.83. The largest absolute Gasteiger partial charge is 0.237 e. The van der Waals surface area contributed by atoms with Crippen LogP contribution in [0.2, 0.25) is 25.7 Å². The van der Waals surface area contributed by atoms with Crippen LogP contribution in [0.3, 0.4) is 0 Å². The molecule has 0 saturated heterocycles. The van der Waals surface area contributed by atoms with Crippen LogP contribution in [0.5, 0.6) is 0 Å². The molecule has 0 aliphatic carbocycles. The van der Waals surface area contributed by atoms with E-state index in [0.29, 0.717) is 0 Å². The van der Waals surface area contributed by atoms with Crippen molar-refractivity contribution in [1.82, 2.24) is 15.0 Å². The lowest BCUT2D eigenvalue weighted by Crippen LogP contribution is -2.27. The second-order valence-electron chi connectivity index (χ2n) is 7.21. The Balaban J connectivity index is 2.10. The van der Waals surface area contributed by atoms with E-state index >= 15 is 0 Å². The third kappa shape index (κ3) is 3.12. The molecule has 0 amide bonds. The van der Waals surface area contributed by atoms with Crippen LogP contribution in [-0.4, -0.2) is 23.1 Å². The lowest BCUT2D eigenvalue weighted by atomic mass is 10.1. The highest BCUT2D eigenvalue weighted by Crippen LogP contribution is 2.30. The molecule has 0 saturated carbocycles. The summed E-state index contributed by atoms with van der Waals surface area (Å²) in [6.45, 7) is 9.36. The number of aromatic nitrogens is 3. The minimum atomic E-state index is -1.25. The van der Waals surface area contributed by atoms with E-state index in [1.54, 1.807) is 0 Å². The van der Waals surface area contributed by atoms with Crippen molar-refractivity contribution in [3.63, 3.8) is 0 Å². The number of rotatable bonds is 4. The zero-order valence-corrected chi connectivity index (χ0v) is 14.7. The SMILES string of the molecule is Cc1ccc(C(C[Si](C)(C)C)n2nnc3ccccc32)cc1. The van der Waals surface area contributed by atoms with Crippen LogP contribution < -0.4 is 0 Å². The normalized spacial score (nSPS) is 13.5. The van der Waals surface area contributed by atoms with Gasteiger partial charge in [-0.15, -0.1) is 5.10 Å². The predicted octanol–water partition coefficient (Wildman–Crippen LogP) is 4.67. The summed E-state index contributed by atoms with van der Waals surface area (Å²) in [4.78, 5) is 0. The Labute approximate surface area is 133 Å². The Morgan fingerprint density at radius 3 is 2.36 bits per heavy atom. The average molecular weight is 309 g/mol. The smallest absolute Gasteiger partial charge is 0.113 e. The van der Waals surface area contributed by atoms with Gasteiger partial charge in [-0.05, 0) is 30.7 Å². The van der Waals surface area contributed by atoms with Crippen molar-refractivity contribution in [3.8, 4) is 0 Å². The number of para-hydroxylation sites is 1. The van der Waals surface area contributed by atoms with Gasteiger partial charge in [0.15, 0.2) is 0 Å². The van der Waals surface area contributed by atoms with Gasteiger partial charge in [-0.2, -0.15) is 0 Å². The zero-order chi connectivity index (χ0) is 15.7. The molecule has 3 nitrogen and oxygen atoms in total. The number of hydrogen-bond donors (Lipinski definition) is 0. The van der Waals surface area contributed by atoms with E-state index < -0.39 is 8.07 Å². The summed E-state index contributed by atoms with van der Waals surface area (Å²) in [5, 5.41) is 8.81. The summed E-state index contributed by atoms with van der Waals surface area (Å²) in [5.41, 5.74) is 4.70. The third-order valence-electron chi connectivity index (χ3n) is 3.94. The summed E-state index contributed by atoms with van der Waals surface area (Å²) in [6.07, 6.45) is 0. The molecule has 4 heteroatoms. The van der Waals surface area contributed by atoms with Crippen molar-refractivity contribution >= 4 is 19.1 Å². The first-order chi connectivity index (χ1) is 10.4. The van der Waals surface area contributed by atoms with Crippen LogP contribution in [0.4, 0.5) is 0 Å². The first kappa shape index (κ1) is 15.0. The van der Waals surface area contributed by atoms with Crippen molar-refractivity contribution in [2.75, 3.05) is 0 Å². The molecule has 0 bridgehead atoms. The molecule has 0 radical (unpaired) electrons. The molecule has 1 unspecified atom stereocenters. The molecule has 114 valence electrons. The summed E-state index contributed by atoms with van der Waals surface area (Å²) >= 11 is 0. The molecule has 3 aromatic rings. The van der Waals surface area contributed by atoms with Crippen molar-refractivity contribution in [3.05, 3.63) is 59.7 Å². The second-order valence-corrected chi connectivity index (χ2v) is 12.7. The van der Waals surface area contributed by atoms with Gasteiger partial charge in [0, 0.05) is 8.07 Å². The first-order valence-corrected chi connectivity index (χ1v) is 11.5. The molecular weight excluding hydrogens is 286 g/mol. The van der Waals surface area contributed by atoms with Crippen LogP contribution in [0.1, 0.15) is 17.2 Å². The molecule has 0 spiro atoms. The molecule has 1 heterocycles. The van der Waals surface area contributed by atoms with Gasteiger partial charge in [-0.25, -0.2) is 4.68 Å². The zero-order valence-electron chi connectivity index (χ0n) is 13.7. The Hall–Kier alpha value is -1.94. The lowest BCUT2D eigenvalue weighted by molar-refractivity contribution is 0.554. The van der Waals surface area contributed by atoms with Crippen molar-refractivity contribution in [2.24, 2.45) is 0 Å². The molecule has 1 atom stereocenters. The van der Waals surface area contributed by atoms with Gasteiger partial charge in [0.05, 0.1) is 11.6 Å². The fraction of sp³-hybridized carbons (Fsp3) is 0.333. The number of aryl methyl sites for hydroxylation is 1. The second kappa shape index (κ2) is 5.69. The first-order valence-electron chi connectivity index (χ1n) is 7.80. The quantitative estimate of drug-likeness (QED) is 0.656. The number of benzene rings is 2. The van der Waals surface area contributed by atoms with E-state index in [1.807, 2.05) is 12.1 Å². The van der Waals surface area contributed by atoms with Gasteiger partial charge < -0.3 is 0 Å². The fourth-order valence-corrected chi connectivity index (χ4v) is 4.40. The molecule has 22 heavy (non-hydrogen) atoms. The number of hydrogen-bond acceptors (Lipinski definition) is 2. The Morgan fingerprint density at radius 1 is 1.00 bits per heavy atom. The average Bonchev–Trinajstić information content (AvgIpc) is 2.89. The van der Waals surface area contributed by atoms with Crippen LogP contribution in [0.15, 0.2) is 48.5 Å². The van der Waals surface area contributed by atoms with Gasteiger partial charge in [-0.1, -0.05) is 66.8 Å². The molecule has 3 rings (SSSR count). The lowest BCUT2D eigenvalue weighted by Gasteiger charge is -2.25. The summed E-state index contributed by atoms with van der Waals surface area (Å²) in [5.74, 6) is 0. The highest BCUT2D eigenvalue weighted by molar-refractivity contribution is 6.76. The summed E-state index contributed by atoms with van der Waals surface area (Å²) in [7, 11) is -1.25. The monoisotopic (exact) mass is 309 g/mol. The number of fused-ring (bicyclic) bond motifs is 1. The topological polar surface area (TPSA) is 30.7 Å². The Bertz CT molecular complexity index is 769. The predicted molar refractivity (Wildman–Crippen MR) is 95.0 cm³/mol. The van der Waals surface area contributed by atoms with Gasteiger partial charge in [0.1, 0.15) is 5.52 Å². The van der Waals surface area contributed by atoms with Crippen LogP contribution in [0, 0.1) is 6.92 Å². The van der Waals surface area contributed by atoms with E-state index in [4.69, 9.17) is 0 Å². The van der Waals surface area contributed by atoms with Gasteiger partial charge in [0.2, 0.25) is 0 Å². The van der Waals surface area contributed by atoms with Crippen LogP contribution in [-0.2, 0) is 0 Å². The van der Waals surface area contributed by atoms with E-state index in [1.165, 1.54) is 11.1 Å². The Kier molecular flexibility index (Phi) is 3.87. The molecule has 1 aromatic heterocycles. The minimum Gasteiger partial charge on any atom is -0.237 e. The van der Waals surface area contributed by atoms with Crippen LogP contribution in [0.25, 0.3) is 11.0 Å². The van der Waals surface area contributed by atoms with E-state index in [2.05, 4.69) is 78.0 Å². The van der Waals surface area contributed by atoms with Gasteiger partial charge >= 0.3 is 0 Å². The summed E-state index contributed by atoms with van der Waals surface area (Å²) in [6, 6.07) is 18.5. The highest BCUT2D eigenvalue weighted by Gasteiger charge is 2.25. The highest BCUT2D eigenvalue weighted by atomic mass is 28.3. The van der Waals surface area contributed by atoms with E-state index in [0.717, 1.165) is 17.1 Å². The van der Waals surface area contributed by atoms with E-state index in [9.17, 15) is 0 Å². The maximum Gasteiger partial charge on any atom is 0.113 e. The molecule has 0 aliphatic rings. The molecule has 0 N–H and O–H groups in total. The molecular formula is C18H23N3Si. The standard InChI is InChI=1S/C18H23N3Si/c1-14-9-11-15(12-10-14)18(13-22(2,3)4)21-17-8-6-5-7-16(17)19-20-21/h5-12,18H,13H2,1-4H3. The molecule has 2 aromatic carbocycles. The van der Waals surface area contributed by atoms with Gasteiger partial charge in [0.25, 0.3) is 0 Å². The minimum absolute atomic E-state index is 0.264. The van der Waals surface area contributed by atoms with Crippen molar-refractivity contribution in [1.29, 1.82) is 0 Å². The third-order valence-corrected chi connectivity index (χ3v) is 5.55. The molecule has 0 fully saturated rings.